The number of carbonyl (C=O) groups is 1. The van der Waals surface area contributed by atoms with Gasteiger partial charge < -0.3 is 10.6 Å². The third kappa shape index (κ3) is 5.19. The third-order valence-corrected chi connectivity index (χ3v) is 5.43. The molecule has 132 valence electrons. The minimum Gasteiger partial charge on any atom is -0.335 e. The largest absolute Gasteiger partial charge is 0.335 e. The van der Waals surface area contributed by atoms with Crippen molar-refractivity contribution in [2.75, 3.05) is 5.32 Å². The Balaban J connectivity index is 1.56. The fraction of sp³-hybridized carbons (Fsp3) is 0.421. The van der Waals surface area contributed by atoms with Gasteiger partial charge in [-0.15, -0.1) is 0 Å². The van der Waals surface area contributed by atoms with Gasteiger partial charge in [0.1, 0.15) is 0 Å². The Bertz CT molecular complexity index is 715. The van der Waals surface area contributed by atoms with Crippen LogP contribution in [0.4, 0.5) is 10.5 Å². The van der Waals surface area contributed by atoms with Crippen LogP contribution in [0.3, 0.4) is 0 Å². The summed E-state index contributed by atoms with van der Waals surface area (Å²) < 4.78 is 0. The van der Waals surface area contributed by atoms with Gasteiger partial charge in [-0.1, -0.05) is 6.92 Å². The van der Waals surface area contributed by atoms with Crippen molar-refractivity contribution in [3.63, 3.8) is 0 Å². The van der Waals surface area contributed by atoms with E-state index in [9.17, 15) is 4.79 Å². The van der Waals surface area contributed by atoms with E-state index < -0.39 is 0 Å². The molecule has 1 aromatic carbocycles. The molecule has 6 heteroatoms. The lowest BCUT2D eigenvalue weighted by Crippen LogP contribution is -2.40. The van der Waals surface area contributed by atoms with E-state index in [1.165, 1.54) is 24.6 Å². The van der Waals surface area contributed by atoms with Gasteiger partial charge in [-0.05, 0) is 80.1 Å². The summed E-state index contributed by atoms with van der Waals surface area (Å²) in [7, 11) is 0. The fourth-order valence-corrected chi connectivity index (χ4v) is 3.84. The van der Waals surface area contributed by atoms with E-state index >= 15 is 0 Å². The zero-order valence-corrected chi connectivity index (χ0v) is 15.5. The van der Waals surface area contributed by atoms with E-state index in [-0.39, 0.29) is 6.03 Å². The van der Waals surface area contributed by atoms with Gasteiger partial charge in [0.05, 0.1) is 0 Å². The van der Waals surface area contributed by atoms with E-state index in [2.05, 4.69) is 27.5 Å². The Morgan fingerprint density at radius 3 is 2.56 bits per heavy atom. The highest BCUT2D eigenvalue weighted by Crippen LogP contribution is 2.28. The Kier molecular flexibility index (Phi) is 5.91. The van der Waals surface area contributed by atoms with Crippen LogP contribution < -0.4 is 10.6 Å². The second-order valence-electron chi connectivity index (χ2n) is 6.67. The van der Waals surface area contributed by atoms with Crippen molar-refractivity contribution < 1.29 is 4.79 Å². The van der Waals surface area contributed by atoms with Gasteiger partial charge in [0.25, 0.3) is 0 Å². The zero-order valence-electron chi connectivity index (χ0n) is 14.7. The molecule has 0 saturated heterocycles. The number of rotatable bonds is 4. The van der Waals surface area contributed by atoms with Crippen LogP contribution in [0.5, 0.6) is 0 Å². The molecule has 3 rings (SSSR count). The standard InChI is InChI=1S/C19H24N4OS/c1-13-4-6-15(7-5-13)22-18(24)23-17-9-8-16(12-14(17)2)25-19-20-10-3-11-21-19/h3,8-13,15H,4-7H2,1-2H3,(H2,22,23,24). The van der Waals surface area contributed by atoms with Crippen LogP contribution in [0.15, 0.2) is 46.7 Å². The molecule has 0 atom stereocenters. The maximum Gasteiger partial charge on any atom is 0.319 e. The van der Waals surface area contributed by atoms with Gasteiger partial charge in [-0.3, -0.25) is 0 Å². The number of amides is 2. The van der Waals surface area contributed by atoms with Crippen molar-refractivity contribution in [3.05, 3.63) is 42.2 Å². The number of nitrogens with one attached hydrogen (secondary N) is 2. The number of urea groups is 1. The molecule has 2 N–H and O–H groups in total. The van der Waals surface area contributed by atoms with Gasteiger partial charge in [0.2, 0.25) is 0 Å². The van der Waals surface area contributed by atoms with Gasteiger partial charge in [-0.25, -0.2) is 14.8 Å². The highest BCUT2D eigenvalue weighted by molar-refractivity contribution is 7.99. The summed E-state index contributed by atoms with van der Waals surface area (Å²) in [6.07, 6.45) is 7.98. The van der Waals surface area contributed by atoms with E-state index in [0.717, 1.165) is 34.9 Å². The predicted molar refractivity (Wildman–Crippen MR) is 101 cm³/mol. The number of carbonyl (C=O) groups excluding carboxylic acids is 1. The molecular formula is C19H24N4OS. The summed E-state index contributed by atoms with van der Waals surface area (Å²) in [6.45, 7) is 4.27. The second-order valence-corrected chi connectivity index (χ2v) is 7.71. The maximum absolute atomic E-state index is 12.2. The summed E-state index contributed by atoms with van der Waals surface area (Å²) in [5.74, 6) is 0.780. The number of benzene rings is 1. The van der Waals surface area contributed by atoms with Crippen molar-refractivity contribution in [1.82, 2.24) is 15.3 Å². The molecule has 1 heterocycles. The van der Waals surface area contributed by atoms with E-state index in [0.29, 0.717) is 11.2 Å². The predicted octanol–water partition coefficient (Wildman–Crippen LogP) is 4.64. The molecule has 2 amide bonds. The average Bonchev–Trinajstić information content (AvgIpc) is 2.60. The van der Waals surface area contributed by atoms with Crippen LogP contribution in [0.25, 0.3) is 0 Å². The average molecular weight is 356 g/mol. The molecule has 25 heavy (non-hydrogen) atoms. The topological polar surface area (TPSA) is 66.9 Å². The van der Waals surface area contributed by atoms with E-state index in [1.807, 2.05) is 25.1 Å². The van der Waals surface area contributed by atoms with Crippen LogP contribution >= 0.6 is 11.8 Å². The summed E-state index contributed by atoms with van der Waals surface area (Å²) >= 11 is 1.51. The van der Waals surface area contributed by atoms with Crippen LogP contribution in [0.2, 0.25) is 0 Å². The van der Waals surface area contributed by atoms with Gasteiger partial charge in [-0.2, -0.15) is 0 Å². The normalized spacial score (nSPS) is 20.1. The SMILES string of the molecule is Cc1cc(Sc2ncccn2)ccc1NC(=O)NC1CCC(C)CC1. The third-order valence-electron chi connectivity index (χ3n) is 4.55. The Labute approximate surface area is 153 Å². The number of aryl methyl sites for hydroxylation is 1. The number of nitrogens with zero attached hydrogens (tertiary/aromatic N) is 2. The minimum absolute atomic E-state index is 0.116. The molecule has 0 spiro atoms. The summed E-state index contributed by atoms with van der Waals surface area (Å²) in [6, 6.07) is 7.93. The Hall–Kier alpha value is -2.08. The molecule has 0 radical (unpaired) electrons. The number of hydrogen-bond donors (Lipinski definition) is 2. The molecule has 2 aromatic rings. The van der Waals surface area contributed by atoms with Crippen molar-refractivity contribution >= 4 is 23.5 Å². The fourth-order valence-electron chi connectivity index (χ4n) is 3.03. The first-order chi connectivity index (χ1) is 12.1. The monoisotopic (exact) mass is 356 g/mol. The van der Waals surface area contributed by atoms with E-state index in [1.54, 1.807) is 18.5 Å². The molecule has 5 nitrogen and oxygen atoms in total. The minimum atomic E-state index is -0.116. The maximum atomic E-state index is 12.2. The molecule has 0 bridgehead atoms. The number of aromatic nitrogens is 2. The van der Waals surface area contributed by atoms with Crippen LogP contribution in [0, 0.1) is 12.8 Å². The van der Waals surface area contributed by atoms with E-state index in [4.69, 9.17) is 0 Å². The number of anilines is 1. The zero-order chi connectivity index (χ0) is 17.6. The van der Waals surface area contributed by atoms with Crippen LogP contribution in [-0.4, -0.2) is 22.0 Å². The number of hydrogen-bond acceptors (Lipinski definition) is 4. The lowest BCUT2D eigenvalue weighted by Gasteiger charge is -2.27. The molecule has 0 unspecified atom stereocenters. The first-order valence-corrected chi connectivity index (χ1v) is 9.55. The Morgan fingerprint density at radius 1 is 1.16 bits per heavy atom. The molecule has 1 fully saturated rings. The van der Waals surface area contributed by atoms with Crippen molar-refractivity contribution in [2.24, 2.45) is 5.92 Å². The van der Waals surface area contributed by atoms with Crippen LogP contribution in [0.1, 0.15) is 38.2 Å². The first-order valence-electron chi connectivity index (χ1n) is 8.73. The summed E-state index contributed by atoms with van der Waals surface area (Å²) in [5, 5.41) is 6.78. The molecular weight excluding hydrogens is 332 g/mol. The van der Waals surface area contributed by atoms with Gasteiger partial charge in [0, 0.05) is 29.0 Å². The molecule has 0 aliphatic heterocycles. The smallest absolute Gasteiger partial charge is 0.319 e. The highest BCUT2D eigenvalue weighted by Gasteiger charge is 2.19. The van der Waals surface area contributed by atoms with Crippen molar-refractivity contribution in [2.45, 2.75) is 55.6 Å². The van der Waals surface area contributed by atoms with Gasteiger partial charge in [0.15, 0.2) is 5.16 Å². The summed E-state index contributed by atoms with van der Waals surface area (Å²) in [4.78, 5) is 21.7. The quantitative estimate of drug-likeness (QED) is 0.784. The molecule has 1 aliphatic rings. The van der Waals surface area contributed by atoms with Gasteiger partial charge >= 0.3 is 6.03 Å². The molecule has 1 saturated carbocycles. The Morgan fingerprint density at radius 2 is 1.88 bits per heavy atom. The van der Waals surface area contributed by atoms with Crippen LogP contribution in [-0.2, 0) is 0 Å². The first kappa shape index (κ1) is 17.7. The molecule has 1 aromatic heterocycles. The summed E-state index contributed by atoms with van der Waals surface area (Å²) in [5.41, 5.74) is 1.85. The highest BCUT2D eigenvalue weighted by atomic mass is 32.2. The lowest BCUT2D eigenvalue weighted by atomic mass is 9.87. The molecule has 1 aliphatic carbocycles. The second kappa shape index (κ2) is 8.34. The van der Waals surface area contributed by atoms with Crippen molar-refractivity contribution in [1.29, 1.82) is 0 Å². The van der Waals surface area contributed by atoms with Crippen molar-refractivity contribution in [3.8, 4) is 0 Å². The lowest BCUT2D eigenvalue weighted by molar-refractivity contribution is 0.239.